The lowest BCUT2D eigenvalue weighted by molar-refractivity contribution is 0.0879. The topological polar surface area (TPSA) is 102 Å². The number of piperidine rings is 1. The molecule has 4 N–H and O–H groups in total. The summed E-state index contributed by atoms with van der Waals surface area (Å²) >= 11 is 0. The molecule has 2 aliphatic heterocycles. The minimum absolute atomic E-state index is 0.150. The molecule has 3 fully saturated rings. The van der Waals surface area contributed by atoms with Crippen molar-refractivity contribution < 1.29 is 9.59 Å². The summed E-state index contributed by atoms with van der Waals surface area (Å²) < 4.78 is 0. The molecule has 3 aliphatic rings. The number of hydrogen-bond acceptors (Lipinski definition) is 4. The summed E-state index contributed by atoms with van der Waals surface area (Å²) in [5.74, 6) is -0.150. The normalized spacial score (nSPS) is 26.8. The maximum atomic E-state index is 13.0. The molecule has 3 amide bonds. The highest BCUT2D eigenvalue weighted by molar-refractivity contribution is 6.06. The second-order valence-electron chi connectivity index (χ2n) is 9.10. The largest absolute Gasteiger partial charge is 0.348 e. The number of aromatic amines is 1. The van der Waals surface area contributed by atoms with Crippen molar-refractivity contribution in [2.45, 2.75) is 75.5 Å². The predicted molar refractivity (Wildman–Crippen MR) is 116 cm³/mol. The Kier molecular flexibility index (Phi) is 5.10. The number of hydrogen-bond donors (Lipinski definition) is 4. The van der Waals surface area contributed by atoms with E-state index in [9.17, 15) is 9.59 Å². The molecule has 3 atom stereocenters. The second-order valence-corrected chi connectivity index (χ2v) is 9.10. The SMILES string of the molecule is CN1[C@@H]2CC[C@H]1C[C@@H](NC(=O)c1n[nH]c3ccc(NC(=O)NC4CCCC4)cc13)C2. The molecule has 2 saturated heterocycles. The first-order valence-electron chi connectivity index (χ1n) is 11.2. The standard InChI is InChI=1S/C22H30N6O2/c1-28-16-7-8-17(28)11-15(10-16)23-21(29)20-18-12-14(6-9-19(18)26-27-20)25-22(30)24-13-4-2-3-5-13/h6,9,12-13,15-17H,2-5,7-8,10-11H2,1H3,(H,23,29)(H,26,27)(H2,24,25,30)/t15-,16+,17-. The first-order valence-corrected chi connectivity index (χ1v) is 11.2. The Bertz CT molecular complexity index is 936. The predicted octanol–water partition coefficient (Wildman–Crippen LogP) is 2.98. The van der Waals surface area contributed by atoms with Crippen molar-refractivity contribution in [3.8, 4) is 0 Å². The third-order valence-electron chi connectivity index (χ3n) is 7.16. The summed E-state index contributed by atoms with van der Waals surface area (Å²) in [5, 5.41) is 17.0. The zero-order chi connectivity index (χ0) is 20.7. The van der Waals surface area contributed by atoms with Crippen LogP contribution >= 0.6 is 0 Å². The van der Waals surface area contributed by atoms with Crippen molar-refractivity contribution in [1.82, 2.24) is 25.7 Å². The smallest absolute Gasteiger partial charge is 0.319 e. The highest BCUT2D eigenvalue weighted by Gasteiger charge is 2.39. The number of fused-ring (bicyclic) bond motifs is 3. The van der Waals surface area contributed by atoms with E-state index in [0.29, 0.717) is 23.5 Å². The van der Waals surface area contributed by atoms with E-state index in [0.717, 1.165) is 36.6 Å². The van der Waals surface area contributed by atoms with Gasteiger partial charge in [0.2, 0.25) is 0 Å². The van der Waals surface area contributed by atoms with Crippen LogP contribution in [0.1, 0.15) is 61.9 Å². The molecule has 30 heavy (non-hydrogen) atoms. The van der Waals surface area contributed by atoms with Gasteiger partial charge < -0.3 is 20.9 Å². The Morgan fingerprint density at radius 3 is 2.50 bits per heavy atom. The lowest BCUT2D eigenvalue weighted by Gasteiger charge is -2.36. The minimum atomic E-state index is -0.197. The van der Waals surface area contributed by atoms with E-state index in [1.54, 1.807) is 0 Å². The molecule has 8 heteroatoms. The van der Waals surface area contributed by atoms with Crippen LogP contribution in [0.4, 0.5) is 10.5 Å². The number of anilines is 1. The average Bonchev–Trinajstić information content (AvgIpc) is 3.41. The first kappa shape index (κ1) is 19.4. The van der Waals surface area contributed by atoms with Crippen LogP contribution in [0.2, 0.25) is 0 Å². The molecule has 3 heterocycles. The highest BCUT2D eigenvalue weighted by atomic mass is 16.2. The number of aromatic nitrogens is 2. The molecule has 2 bridgehead atoms. The highest BCUT2D eigenvalue weighted by Crippen LogP contribution is 2.34. The van der Waals surface area contributed by atoms with Crippen molar-refractivity contribution in [2.24, 2.45) is 0 Å². The van der Waals surface area contributed by atoms with Gasteiger partial charge in [-0.25, -0.2) is 4.79 Å². The molecular formula is C22H30N6O2. The summed E-state index contributed by atoms with van der Waals surface area (Å²) in [7, 11) is 2.19. The number of H-pyrrole nitrogens is 1. The summed E-state index contributed by atoms with van der Waals surface area (Å²) in [6.07, 6.45) is 8.85. The van der Waals surface area contributed by atoms with Gasteiger partial charge in [-0.1, -0.05) is 12.8 Å². The van der Waals surface area contributed by atoms with Gasteiger partial charge in [0.25, 0.3) is 5.91 Å². The number of rotatable bonds is 4. The van der Waals surface area contributed by atoms with E-state index < -0.39 is 0 Å². The van der Waals surface area contributed by atoms with Gasteiger partial charge in [0.15, 0.2) is 5.69 Å². The molecule has 5 rings (SSSR count). The molecule has 160 valence electrons. The third-order valence-corrected chi connectivity index (χ3v) is 7.16. The number of carbonyl (C=O) groups excluding carboxylic acids is 2. The quantitative estimate of drug-likeness (QED) is 0.622. The summed E-state index contributed by atoms with van der Waals surface area (Å²) in [4.78, 5) is 27.7. The van der Waals surface area contributed by atoms with E-state index in [1.807, 2.05) is 18.2 Å². The number of nitrogens with zero attached hydrogens (tertiary/aromatic N) is 2. The second kappa shape index (κ2) is 7.91. The minimum Gasteiger partial charge on any atom is -0.348 e. The Balaban J connectivity index is 1.27. The molecule has 0 unspecified atom stereocenters. The number of benzene rings is 1. The Labute approximate surface area is 176 Å². The number of carbonyl (C=O) groups is 2. The van der Waals surface area contributed by atoms with Crippen molar-refractivity contribution >= 4 is 28.5 Å². The fourth-order valence-electron chi connectivity index (χ4n) is 5.47. The molecule has 1 aliphatic carbocycles. The van der Waals surface area contributed by atoms with Crippen LogP contribution < -0.4 is 16.0 Å². The molecule has 0 spiro atoms. The number of nitrogens with one attached hydrogen (secondary N) is 4. The maximum absolute atomic E-state index is 13.0. The van der Waals surface area contributed by atoms with Crippen molar-refractivity contribution in [2.75, 3.05) is 12.4 Å². The fourth-order valence-corrected chi connectivity index (χ4v) is 5.47. The van der Waals surface area contributed by atoms with Crippen molar-refractivity contribution in [1.29, 1.82) is 0 Å². The Morgan fingerprint density at radius 2 is 1.77 bits per heavy atom. The van der Waals surface area contributed by atoms with E-state index in [1.165, 1.54) is 25.7 Å². The summed E-state index contributed by atoms with van der Waals surface area (Å²) in [6, 6.07) is 6.88. The van der Waals surface area contributed by atoms with Crippen LogP contribution in [0, 0.1) is 0 Å². The van der Waals surface area contributed by atoms with Crippen LogP contribution in [0.5, 0.6) is 0 Å². The zero-order valence-electron chi connectivity index (χ0n) is 17.4. The first-order chi connectivity index (χ1) is 14.6. The van der Waals surface area contributed by atoms with Gasteiger partial charge in [-0.05, 0) is 63.8 Å². The average molecular weight is 411 g/mol. The van der Waals surface area contributed by atoms with Crippen molar-refractivity contribution in [3.05, 3.63) is 23.9 Å². The van der Waals surface area contributed by atoms with Gasteiger partial charge >= 0.3 is 6.03 Å². The van der Waals surface area contributed by atoms with E-state index in [2.05, 4.69) is 38.1 Å². The zero-order valence-corrected chi connectivity index (χ0v) is 17.4. The summed E-state index contributed by atoms with van der Waals surface area (Å²) in [6.45, 7) is 0. The lowest BCUT2D eigenvalue weighted by atomic mass is 9.98. The van der Waals surface area contributed by atoms with E-state index in [4.69, 9.17) is 0 Å². The van der Waals surface area contributed by atoms with E-state index in [-0.39, 0.29) is 24.0 Å². The Morgan fingerprint density at radius 1 is 1.03 bits per heavy atom. The molecule has 8 nitrogen and oxygen atoms in total. The lowest BCUT2D eigenvalue weighted by Crippen LogP contribution is -2.48. The van der Waals surface area contributed by atoms with Crippen LogP contribution in [0.15, 0.2) is 18.2 Å². The Hall–Kier alpha value is -2.61. The third kappa shape index (κ3) is 3.76. The van der Waals surface area contributed by atoms with Gasteiger partial charge in [0, 0.05) is 35.2 Å². The van der Waals surface area contributed by atoms with Crippen molar-refractivity contribution in [3.63, 3.8) is 0 Å². The van der Waals surface area contributed by atoms with Gasteiger partial charge in [0.05, 0.1) is 5.52 Å². The van der Waals surface area contributed by atoms with Gasteiger partial charge in [-0.15, -0.1) is 0 Å². The molecule has 0 radical (unpaired) electrons. The molecular weight excluding hydrogens is 380 g/mol. The van der Waals surface area contributed by atoms with Crippen LogP contribution in [0.25, 0.3) is 10.9 Å². The van der Waals surface area contributed by atoms with Gasteiger partial charge in [-0.2, -0.15) is 5.10 Å². The van der Waals surface area contributed by atoms with E-state index >= 15 is 0 Å². The number of urea groups is 1. The van der Waals surface area contributed by atoms with Gasteiger partial charge in [-0.3, -0.25) is 9.89 Å². The molecule has 1 saturated carbocycles. The maximum Gasteiger partial charge on any atom is 0.319 e. The molecule has 1 aromatic carbocycles. The monoisotopic (exact) mass is 410 g/mol. The summed E-state index contributed by atoms with van der Waals surface area (Å²) in [5.41, 5.74) is 1.83. The van der Waals surface area contributed by atoms with Crippen LogP contribution in [-0.4, -0.2) is 58.3 Å². The van der Waals surface area contributed by atoms with Crippen LogP contribution in [0.3, 0.4) is 0 Å². The van der Waals surface area contributed by atoms with Crippen LogP contribution in [-0.2, 0) is 0 Å². The van der Waals surface area contributed by atoms with Gasteiger partial charge in [0.1, 0.15) is 0 Å². The molecule has 2 aromatic rings. The fraction of sp³-hybridized carbons (Fsp3) is 0.591. The number of amides is 3. The molecule has 1 aromatic heterocycles.